The lowest BCUT2D eigenvalue weighted by Gasteiger charge is -2.20. The Morgan fingerprint density at radius 2 is 2.09 bits per heavy atom. The fourth-order valence-electron chi connectivity index (χ4n) is 2.27. The minimum atomic E-state index is 0.807. The summed E-state index contributed by atoms with van der Waals surface area (Å²) in [4.78, 5) is 7.07. The summed E-state index contributed by atoms with van der Waals surface area (Å²) in [5, 5.41) is 10.9. The second kappa shape index (κ2) is 12.0. The molecule has 0 aliphatic rings. The molecule has 0 aliphatic carbocycles. The number of hydrogen-bond acceptors (Lipinski definition) is 3. The number of aliphatic imine (C=N–C) groups is 1. The molecule has 0 fully saturated rings. The van der Waals surface area contributed by atoms with E-state index in [4.69, 9.17) is 0 Å². The zero-order valence-electron chi connectivity index (χ0n) is 14.4. The maximum Gasteiger partial charge on any atom is 0.191 e. The van der Waals surface area contributed by atoms with Gasteiger partial charge in [-0.05, 0) is 38.9 Å². The molecule has 1 rings (SSSR count). The van der Waals surface area contributed by atoms with Crippen molar-refractivity contribution in [2.75, 3.05) is 39.3 Å². The second-order valence-electron chi connectivity index (χ2n) is 5.24. The number of aryl methyl sites for hydroxylation is 1. The van der Waals surface area contributed by atoms with E-state index in [1.54, 1.807) is 0 Å². The molecule has 2 N–H and O–H groups in total. The van der Waals surface area contributed by atoms with Gasteiger partial charge in [0, 0.05) is 45.1 Å². The van der Waals surface area contributed by atoms with Gasteiger partial charge in [-0.3, -0.25) is 9.67 Å². The second-order valence-corrected chi connectivity index (χ2v) is 5.24. The van der Waals surface area contributed by atoms with E-state index < -0.39 is 0 Å². The Morgan fingerprint density at radius 1 is 1.23 bits per heavy atom. The van der Waals surface area contributed by atoms with Crippen LogP contribution in [0.4, 0.5) is 0 Å². The standard InChI is InChI=1S/C16H32N6/c1-4-12-21(6-3)15-11-19-16(17-5-2)18-9-7-13-22-14-8-10-20-22/h8,10,14H,4-7,9,11-13,15H2,1-3H3,(H2,17,18,19). The molecule has 22 heavy (non-hydrogen) atoms. The Bertz CT molecular complexity index is 387. The average Bonchev–Trinajstić information content (AvgIpc) is 3.03. The first-order chi connectivity index (χ1) is 10.8. The molecule has 126 valence electrons. The molecule has 6 nitrogen and oxygen atoms in total. The van der Waals surface area contributed by atoms with Crippen LogP contribution in [0.1, 0.15) is 33.6 Å². The molecular weight excluding hydrogens is 276 g/mol. The molecule has 0 saturated heterocycles. The maximum absolute atomic E-state index is 4.62. The smallest absolute Gasteiger partial charge is 0.191 e. The topological polar surface area (TPSA) is 57.5 Å². The van der Waals surface area contributed by atoms with Crippen molar-refractivity contribution in [1.82, 2.24) is 25.3 Å². The van der Waals surface area contributed by atoms with Crippen LogP contribution in [-0.4, -0.2) is 59.9 Å². The monoisotopic (exact) mass is 308 g/mol. The molecule has 1 aromatic rings. The summed E-state index contributed by atoms with van der Waals surface area (Å²) >= 11 is 0. The molecule has 0 radical (unpaired) electrons. The van der Waals surface area contributed by atoms with Gasteiger partial charge < -0.3 is 15.5 Å². The Balaban J connectivity index is 2.25. The number of guanidine groups is 1. The molecule has 0 bridgehead atoms. The summed E-state index contributed by atoms with van der Waals surface area (Å²) < 4.78 is 1.94. The fourth-order valence-corrected chi connectivity index (χ4v) is 2.27. The van der Waals surface area contributed by atoms with E-state index in [9.17, 15) is 0 Å². The van der Waals surface area contributed by atoms with Gasteiger partial charge in [0.1, 0.15) is 0 Å². The summed E-state index contributed by atoms with van der Waals surface area (Å²) in [5.41, 5.74) is 0. The predicted molar refractivity (Wildman–Crippen MR) is 93.2 cm³/mol. The van der Waals surface area contributed by atoms with Crippen molar-refractivity contribution in [1.29, 1.82) is 0 Å². The Morgan fingerprint density at radius 3 is 2.73 bits per heavy atom. The maximum atomic E-state index is 4.62. The van der Waals surface area contributed by atoms with Gasteiger partial charge in [-0.25, -0.2) is 0 Å². The number of aromatic nitrogens is 2. The molecule has 0 unspecified atom stereocenters. The zero-order valence-corrected chi connectivity index (χ0v) is 14.4. The van der Waals surface area contributed by atoms with E-state index in [2.05, 4.69) is 46.4 Å². The molecule has 0 atom stereocenters. The Labute approximate surface area is 135 Å². The minimum Gasteiger partial charge on any atom is -0.357 e. The third-order valence-electron chi connectivity index (χ3n) is 3.43. The molecule has 0 saturated carbocycles. The van der Waals surface area contributed by atoms with Crippen molar-refractivity contribution in [2.24, 2.45) is 4.99 Å². The summed E-state index contributed by atoms with van der Waals surface area (Å²) in [5.74, 6) is 0.913. The molecule has 0 spiro atoms. The normalized spacial score (nSPS) is 11.9. The zero-order chi connectivity index (χ0) is 16.0. The van der Waals surface area contributed by atoms with Crippen LogP contribution < -0.4 is 10.6 Å². The summed E-state index contributed by atoms with van der Waals surface area (Å²) in [7, 11) is 0. The van der Waals surface area contributed by atoms with Crippen LogP contribution in [0.3, 0.4) is 0 Å². The van der Waals surface area contributed by atoms with Crippen LogP contribution in [0, 0.1) is 0 Å². The van der Waals surface area contributed by atoms with Crippen molar-refractivity contribution >= 4 is 5.96 Å². The van der Waals surface area contributed by atoms with Gasteiger partial charge in [0.05, 0.1) is 0 Å². The molecule has 6 heteroatoms. The third kappa shape index (κ3) is 8.02. The number of nitrogens with zero attached hydrogens (tertiary/aromatic N) is 4. The lowest BCUT2D eigenvalue weighted by molar-refractivity contribution is 0.293. The molecule has 1 aromatic heterocycles. The number of nitrogens with one attached hydrogen (secondary N) is 2. The largest absolute Gasteiger partial charge is 0.357 e. The molecular formula is C16H32N6. The lowest BCUT2D eigenvalue weighted by atomic mass is 10.4. The Hall–Kier alpha value is -1.56. The van der Waals surface area contributed by atoms with Crippen LogP contribution in [-0.2, 0) is 6.54 Å². The molecule has 1 heterocycles. The van der Waals surface area contributed by atoms with Crippen molar-refractivity contribution in [3.8, 4) is 0 Å². The van der Waals surface area contributed by atoms with Crippen LogP contribution in [0.15, 0.2) is 23.5 Å². The average molecular weight is 308 g/mol. The van der Waals surface area contributed by atoms with Crippen molar-refractivity contribution in [3.05, 3.63) is 18.5 Å². The van der Waals surface area contributed by atoms with Crippen LogP contribution in [0.5, 0.6) is 0 Å². The van der Waals surface area contributed by atoms with E-state index >= 15 is 0 Å². The number of rotatable bonds is 11. The van der Waals surface area contributed by atoms with E-state index in [0.717, 1.165) is 58.2 Å². The molecule has 0 aliphatic heterocycles. The van der Waals surface area contributed by atoms with Gasteiger partial charge in [-0.15, -0.1) is 0 Å². The highest BCUT2D eigenvalue weighted by atomic mass is 15.3. The van der Waals surface area contributed by atoms with Gasteiger partial charge in [-0.1, -0.05) is 13.8 Å². The fraction of sp³-hybridized carbons (Fsp3) is 0.750. The SMILES string of the molecule is CCCN(CC)CCNC(=NCCCn1cccn1)NCC. The van der Waals surface area contributed by atoms with E-state index in [1.165, 1.54) is 6.42 Å². The van der Waals surface area contributed by atoms with Gasteiger partial charge in [0.15, 0.2) is 5.96 Å². The first-order valence-corrected chi connectivity index (χ1v) is 8.52. The van der Waals surface area contributed by atoms with Crippen molar-refractivity contribution in [2.45, 2.75) is 40.2 Å². The van der Waals surface area contributed by atoms with Gasteiger partial charge >= 0.3 is 0 Å². The quantitative estimate of drug-likeness (QED) is 0.370. The van der Waals surface area contributed by atoms with E-state index in [0.29, 0.717) is 0 Å². The van der Waals surface area contributed by atoms with Gasteiger partial charge in [0.2, 0.25) is 0 Å². The minimum absolute atomic E-state index is 0.807. The van der Waals surface area contributed by atoms with Crippen LogP contribution in [0.2, 0.25) is 0 Å². The molecule has 0 amide bonds. The predicted octanol–water partition coefficient (Wildman–Crippen LogP) is 1.56. The highest BCUT2D eigenvalue weighted by molar-refractivity contribution is 5.79. The Kier molecular flexibility index (Phi) is 10.1. The van der Waals surface area contributed by atoms with Gasteiger partial charge in [-0.2, -0.15) is 5.10 Å². The van der Waals surface area contributed by atoms with Crippen molar-refractivity contribution < 1.29 is 0 Å². The van der Waals surface area contributed by atoms with E-state index in [-0.39, 0.29) is 0 Å². The van der Waals surface area contributed by atoms with Crippen molar-refractivity contribution in [3.63, 3.8) is 0 Å². The van der Waals surface area contributed by atoms with Crippen LogP contribution in [0.25, 0.3) is 0 Å². The summed E-state index contributed by atoms with van der Waals surface area (Å²) in [6.45, 7) is 13.4. The summed E-state index contributed by atoms with van der Waals surface area (Å²) in [6, 6.07) is 1.95. The summed E-state index contributed by atoms with van der Waals surface area (Å²) in [6.07, 6.45) is 6.00. The first kappa shape index (κ1) is 18.5. The highest BCUT2D eigenvalue weighted by Gasteiger charge is 2.01. The first-order valence-electron chi connectivity index (χ1n) is 8.52. The van der Waals surface area contributed by atoms with Gasteiger partial charge in [0.25, 0.3) is 0 Å². The molecule has 0 aromatic carbocycles. The third-order valence-corrected chi connectivity index (χ3v) is 3.43. The van der Waals surface area contributed by atoms with E-state index in [1.807, 2.05) is 23.1 Å². The highest BCUT2D eigenvalue weighted by Crippen LogP contribution is 1.91. The number of likely N-dealkylation sites (N-methyl/N-ethyl adjacent to an activating group) is 1. The lowest BCUT2D eigenvalue weighted by Crippen LogP contribution is -2.41. The number of hydrogen-bond donors (Lipinski definition) is 2. The van der Waals surface area contributed by atoms with Crippen LogP contribution >= 0.6 is 0 Å².